The number of aromatic nitrogens is 2. The molecule has 8 heteroatoms. The molecule has 1 atom stereocenters. The van der Waals surface area contributed by atoms with E-state index in [9.17, 15) is 14.4 Å². The average molecular weight is 389 g/mol. The predicted octanol–water partition coefficient (Wildman–Crippen LogP) is 1.68. The molecule has 0 saturated carbocycles. The molecule has 2 amide bonds. The molecule has 1 unspecified atom stereocenters. The number of fused-ring (bicyclic) bond motifs is 1. The van der Waals surface area contributed by atoms with Crippen LogP contribution in [0.15, 0.2) is 35.4 Å². The van der Waals surface area contributed by atoms with Crippen molar-refractivity contribution >= 4 is 23.4 Å². The second-order valence-electron chi connectivity index (χ2n) is 6.63. The van der Waals surface area contributed by atoms with Gasteiger partial charge in [-0.1, -0.05) is 23.7 Å². The van der Waals surface area contributed by atoms with Crippen molar-refractivity contribution in [3.8, 4) is 0 Å². The number of rotatable bonds is 4. The van der Waals surface area contributed by atoms with Crippen molar-refractivity contribution in [3.63, 3.8) is 0 Å². The van der Waals surface area contributed by atoms with E-state index in [2.05, 4.69) is 10.3 Å². The van der Waals surface area contributed by atoms with Gasteiger partial charge in [-0.25, -0.2) is 4.98 Å². The number of amides is 2. The summed E-state index contributed by atoms with van der Waals surface area (Å²) < 4.78 is 1.31. The highest BCUT2D eigenvalue weighted by Gasteiger charge is 2.23. The Morgan fingerprint density at radius 1 is 1.30 bits per heavy atom. The van der Waals surface area contributed by atoms with Gasteiger partial charge in [-0.05, 0) is 31.0 Å². The van der Waals surface area contributed by atoms with Crippen LogP contribution in [0.5, 0.6) is 0 Å². The lowest BCUT2D eigenvalue weighted by Crippen LogP contribution is -2.40. The van der Waals surface area contributed by atoms with Crippen molar-refractivity contribution in [2.45, 2.75) is 39.4 Å². The normalized spacial score (nSPS) is 14.4. The minimum absolute atomic E-state index is 0.0396. The van der Waals surface area contributed by atoms with E-state index in [1.165, 1.54) is 17.8 Å². The highest BCUT2D eigenvalue weighted by molar-refractivity contribution is 6.30. The summed E-state index contributed by atoms with van der Waals surface area (Å²) in [5.74, 6) is -0.315. The van der Waals surface area contributed by atoms with E-state index in [0.29, 0.717) is 35.8 Å². The zero-order chi connectivity index (χ0) is 19.6. The first-order valence-electron chi connectivity index (χ1n) is 8.72. The summed E-state index contributed by atoms with van der Waals surface area (Å²) >= 11 is 5.88. The van der Waals surface area contributed by atoms with Crippen LogP contribution in [-0.4, -0.2) is 32.8 Å². The smallest absolute Gasteiger partial charge is 0.257 e. The van der Waals surface area contributed by atoms with E-state index in [4.69, 9.17) is 11.6 Å². The first-order valence-corrected chi connectivity index (χ1v) is 9.10. The molecule has 2 heterocycles. The number of nitrogens with zero attached hydrogens (tertiary/aromatic N) is 3. The van der Waals surface area contributed by atoms with Crippen LogP contribution in [0.3, 0.4) is 0 Å². The standard InChI is InChI=1S/C19H21ClN4O3/c1-12(14-3-5-15(20)6-4-14)22-18(26)10-24-11-21-17-9-23(13(2)25)8-7-16(17)19(24)27/h3-6,11-12H,7-10H2,1-2H3,(H,22,26). The van der Waals surface area contributed by atoms with Crippen molar-refractivity contribution in [1.82, 2.24) is 19.8 Å². The molecular weight excluding hydrogens is 368 g/mol. The van der Waals surface area contributed by atoms with Gasteiger partial charge in [0.05, 0.1) is 24.6 Å². The van der Waals surface area contributed by atoms with Gasteiger partial charge in [-0.15, -0.1) is 0 Å². The fraction of sp³-hybridized carbons (Fsp3) is 0.368. The molecule has 1 aromatic carbocycles. The van der Waals surface area contributed by atoms with Crippen molar-refractivity contribution < 1.29 is 9.59 Å². The van der Waals surface area contributed by atoms with Gasteiger partial charge in [0.15, 0.2) is 0 Å². The summed E-state index contributed by atoms with van der Waals surface area (Å²) in [5, 5.41) is 3.50. The Labute approximate surface area is 162 Å². The molecule has 1 aliphatic heterocycles. The Bertz CT molecular complexity index is 924. The molecule has 0 aliphatic carbocycles. The van der Waals surface area contributed by atoms with Crippen LogP contribution in [0.4, 0.5) is 0 Å². The molecule has 0 bridgehead atoms. The molecule has 2 aromatic rings. The Morgan fingerprint density at radius 3 is 2.67 bits per heavy atom. The summed E-state index contributed by atoms with van der Waals surface area (Å²) in [4.78, 5) is 42.4. The highest BCUT2D eigenvalue weighted by Crippen LogP contribution is 2.16. The maximum atomic E-state index is 12.6. The maximum absolute atomic E-state index is 12.6. The molecule has 1 N–H and O–H groups in total. The second kappa shape index (κ2) is 7.92. The van der Waals surface area contributed by atoms with Crippen LogP contribution in [0, 0.1) is 0 Å². The van der Waals surface area contributed by atoms with Gasteiger partial charge < -0.3 is 10.2 Å². The molecule has 0 spiro atoms. The third-order valence-corrected chi connectivity index (χ3v) is 4.95. The minimum atomic E-state index is -0.275. The molecule has 0 radical (unpaired) electrons. The Balaban J connectivity index is 1.69. The van der Waals surface area contributed by atoms with Crippen LogP contribution >= 0.6 is 11.6 Å². The second-order valence-corrected chi connectivity index (χ2v) is 7.07. The van der Waals surface area contributed by atoms with Gasteiger partial charge in [0.2, 0.25) is 11.8 Å². The van der Waals surface area contributed by atoms with E-state index < -0.39 is 0 Å². The monoisotopic (exact) mass is 388 g/mol. The third-order valence-electron chi connectivity index (χ3n) is 4.70. The quantitative estimate of drug-likeness (QED) is 0.863. The summed E-state index contributed by atoms with van der Waals surface area (Å²) in [6.45, 7) is 4.08. The Kier molecular flexibility index (Phi) is 5.60. The summed E-state index contributed by atoms with van der Waals surface area (Å²) in [6, 6.07) is 7.02. The van der Waals surface area contributed by atoms with E-state index in [-0.39, 0.29) is 30.0 Å². The molecule has 1 aromatic heterocycles. The first-order chi connectivity index (χ1) is 12.8. The van der Waals surface area contributed by atoms with Crippen LogP contribution in [-0.2, 0) is 29.1 Å². The average Bonchev–Trinajstić information content (AvgIpc) is 2.64. The van der Waals surface area contributed by atoms with Gasteiger partial charge in [0, 0.05) is 24.1 Å². The summed E-state index contributed by atoms with van der Waals surface area (Å²) in [6.07, 6.45) is 1.82. The lowest BCUT2D eigenvalue weighted by Gasteiger charge is -2.26. The van der Waals surface area contributed by atoms with Crippen molar-refractivity contribution in [1.29, 1.82) is 0 Å². The van der Waals surface area contributed by atoms with Gasteiger partial charge in [0.1, 0.15) is 6.54 Å². The highest BCUT2D eigenvalue weighted by atomic mass is 35.5. The zero-order valence-electron chi connectivity index (χ0n) is 15.2. The van der Waals surface area contributed by atoms with E-state index in [1.807, 2.05) is 19.1 Å². The van der Waals surface area contributed by atoms with Gasteiger partial charge in [-0.3, -0.25) is 19.0 Å². The molecule has 27 heavy (non-hydrogen) atoms. The van der Waals surface area contributed by atoms with Crippen LogP contribution in [0.25, 0.3) is 0 Å². The van der Waals surface area contributed by atoms with Crippen molar-refractivity contribution in [3.05, 3.63) is 62.8 Å². The van der Waals surface area contributed by atoms with Crippen molar-refractivity contribution in [2.75, 3.05) is 6.54 Å². The van der Waals surface area contributed by atoms with Gasteiger partial charge in [0.25, 0.3) is 5.56 Å². The number of hydrogen-bond acceptors (Lipinski definition) is 4. The molecule has 142 valence electrons. The molecule has 7 nitrogen and oxygen atoms in total. The Hall–Kier alpha value is -2.67. The fourth-order valence-corrected chi connectivity index (χ4v) is 3.24. The number of halogens is 1. The van der Waals surface area contributed by atoms with E-state index in [0.717, 1.165) is 5.56 Å². The summed E-state index contributed by atoms with van der Waals surface area (Å²) in [7, 11) is 0. The minimum Gasteiger partial charge on any atom is -0.348 e. The number of carbonyl (C=O) groups is 2. The number of benzene rings is 1. The predicted molar refractivity (Wildman–Crippen MR) is 101 cm³/mol. The molecular formula is C19H21ClN4O3. The lowest BCUT2D eigenvalue weighted by molar-refractivity contribution is -0.129. The number of carbonyl (C=O) groups excluding carboxylic acids is 2. The van der Waals surface area contributed by atoms with Gasteiger partial charge in [-0.2, -0.15) is 0 Å². The van der Waals surface area contributed by atoms with E-state index in [1.54, 1.807) is 17.0 Å². The zero-order valence-corrected chi connectivity index (χ0v) is 16.0. The van der Waals surface area contributed by atoms with Crippen molar-refractivity contribution in [2.24, 2.45) is 0 Å². The van der Waals surface area contributed by atoms with Crippen LogP contribution < -0.4 is 10.9 Å². The maximum Gasteiger partial charge on any atom is 0.257 e. The third kappa shape index (κ3) is 4.36. The van der Waals surface area contributed by atoms with Crippen LogP contribution in [0.2, 0.25) is 5.02 Å². The van der Waals surface area contributed by atoms with E-state index >= 15 is 0 Å². The molecule has 1 aliphatic rings. The Morgan fingerprint density at radius 2 is 2.00 bits per heavy atom. The lowest BCUT2D eigenvalue weighted by atomic mass is 10.1. The molecule has 0 saturated heterocycles. The topological polar surface area (TPSA) is 84.3 Å². The first kappa shape index (κ1) is 19.1. The number of nitrogens with one attached hydrogen (secondary N) is 1. The summed E-state index contributed by atoms with van der Waals surface area (Å²) in [5.41, 5.74) is 1.88. The molecule has 3 rings (SSSR count). The van der Waals surface area contributed by atoms with Crippen LogP contribution in [0.1, 0.15) is 36.7 Å². The largest absolute Gasteiger partial charge is 0.348 e. The molecule has 0 fully saturated rings. The SMILES string of the molecule is CC(=O)N1CCc2c(ncn(CC(=O)NC(C)c3ccc(Cl)cc3)c2=O)C1. The fourth-order valence-electron chi connectivity index (χ4n) is 3.12. The van der Waals surface area contributed by atoms with Gasteiger partial charge >= 0.3 is 0 Å². The number of hydrogen-bond donors (Lipinski definition) is 1.